The van der Waals surface area contributed by atoms with Gasteiger partial charge in [0.2, 0.25) is 0 Å². The second-order valence-electron chi connectivity index (χ2n) is 3.59. The van der Waals surface area contributed by atoms with Crippen LogP contribution in [0, 0.1) is 5.82 Å². The van der Waals surface area contributed by atoms with E-state index in [1.165, 1.54) is 18.2 Å². The average molecular weight is 256 g/mol. The van der Waals surface area contributed by atoms with Crippen molar-refractivity contribution in [3.8, 4) is 0 Å². The normalized spacial score (nSPS) is 10.6. The van der Waals surface area contributed by atoms with Gasteiger partial charge in [0, 0.05) is 12.7 Å². The number of ketones is 1. The number of benzene rings is 1. The third-order valence-corrected chi connectivity index (χ3v) is 2.18. The Labute approximate surface area is 106 Å². The maximum Gasteiger partial charge on any atom is 0.188 e. The van der Waals surface area contributed by atoms with Crippen LogP contribution in [-0.2, 0) is 14.2 Å². The number of carbonyl (C=O) groups excluding carboxylic acids is 1. The Hall–Kier alpha value is -1.30. The Kier molecular flexibility index (Phi) is 7.17. The molecule has 0 heterocycles. The molecule has 0 atom stereocenters. The minimum atomic E-state index is -0.427. The van der Waals surface area contributed by atoms with Gasteiger partial charge in [0.05, 0.1) is 26.4 Å². The van der Waals surface area contributed by atoms with Crippen LogP contribution in [-0.4, -0.2) is 45.9 Å². The van der Waals surface area contributed by atoms with Gasteiger partial charge in [-0.1, -0.05) is 12.1 Å². The number of methoxy groups -OCH3 is 1. The van der Waals surface area contributed by atoms with E-state index in [4.69, 9.17) is 14.2 Å². The van der Waals surface area contributed by atoms with Crippen molar-refractivity contribution < 1.29 is 23.4 Å². The lowest BCUT2D eigenvalue weighted by atomic mass is 10.1. The van der Waals surface area contributed by atoms with Crippen molar-refractivity contribution in [2.24, 2.45) is 0 Å². The maximum atomic E-state index is 12.9. The number of hydrogen-bond acceptors (Lipinski definition) is 4. The molecule has 0 radical (unpaired) electrons. The third kappa shape index (κ3) is 5.86. The summed E-state index contributed by atoms with van der Waals surface area (Å²) >= 11 is 0. The zero-order chi connectivity index (χ0) is 13.2. The zero-order valence-electron chi connectivity index (χ0n) is 10.4. The predicted octanol–water partition coefficient (Wildman–Crippen LogP) is 1.69. The highest BCUT2D eigenvalue weighted by atomic mass is 19.1. The van der Waals surface area contributed by atoms with Crippen molar-refractivity contribution in [1.29, 1.82) is 0 Å². The van der Waals surface area contributed by atoms with Crippen LogP contribution in [0.5, 0.6) is 0 Å². The van der Waals surface area contributed by atoms with Crippen molar-refractivity contribution >= 4 is 5.78 Å². The molecule has 1 aromatic rings. The number of halogens is 1. The SMILES string of the molecule is COCCOCCOCC(=O)c1cccc(F)c1. The Morgan fingerprint density at radius 3 is 2.61 bits per heavy atom. The topological polar surface area (TPSA) is 44.8 Å². The fourth-order valence-corrected chi connectivity index (χ4v) is 1.27. The Balaban J connectivity index is 2.14. The summed E-state index contributed by atoms with van der Waals surface area (Å²) in [5.74, 6) is -0.671. The monoisotopic (exact) mass is 256 g/mol. The molecule has 0 aromatic heterocycles. The van der Waals surface area contributed by atoms with E-state index < -0.39 is 5.82 Å². The molecule has 100 valence electrons. The lowest BCUT2D eigenvalue weighted by molar-refractivity contribution is 0.0253. The number of carbonyl (C=O) groups is 1. The highest BCUT2D eigenvalue weighted by Crippen LogP contribution is 2.04. The number of rotatable bonds is 9. The molecule has 1 aromatic carbocycles. The van der Waals surface area contributed by atoms with E-state index in [0.717, 1.165) is 0 Å². The summed E-state index contributed by atoms with van der Waals surface area (Å²) < 4.78 is 28.0. The Morgan fingerprint density at radius 1 is 1.17 bits per heavy atom. The van der Waals surface area contributed by atoms with Crippen molar-refractivity contribution in [2.75, 3.05) is 40.1 Å². The minimum Gasteiger partial charge on any atom is -0.382 e. The van der Waals surface area contributed by atoms with Crippen LogP contribution in [0.15, 0.2) is 24.3 Å². The third-order valence-electron chi connectivity index (χ3n) is 2.18. The van der Waals surface area contributed by atoms with Gasteiger partial charge in [0.1, 0.15) is 12.4 Å². The molecule has 0 spiro atoms. The molecule has 0 unspecified atom stereocenters. The van der Waals surface area contributed by atoms with Crippen LogP contribution in [0.1, 0.15) is 10.4 Å². The van der Waals surface area contributed by atoms with Crippen LogP contribution in [0.4, 0.5) is 4.39 Å². The first-order valence-corrected chi connectivity index (χ1v) is 5.67. The van der Waals surface area contributed by atoms with E-state index in [2.05, 4.69) is 0 Å². The van der Waals surface area contributed by atoms with E-state index >= 15 is 0 Å². The number of ether oxygens (including phenoxy) is 3. The molecule has 0 amide bonds. The first-order valence-electron chi connectivity index (χ1n) is 5.67. The van der Waals surface area contributed by atoms with E-state index in [-0.39, 0.29) is 12.4 Å². The summed E-state index contributed by atoms with van der Waals surface area (Å²) in [4.78, 5) is 11.6. The first kappa shape index (κ1) is 14.8. The van der Waals surface area contributed by atoms with Crippen molar-refractivity contribution in [1.82, 2.24) is 0 Å². The molecular weight excluding hydrogens is 239 g/mol. The molecule has 0 saturated carbocycles. The summed E-state index contributed by atoms with van der Waals surface area (Å²) in [6.07, 6.45) is 0. The quantitative estimate of drug-likeness (QED) is 0.498. The van der Waals surface area contributed by atoms with Gasteiger partial charge in [0.15, 0.2) is 5.78 Å². The molecule has 0 N–H and O–H groups in total. The van der Waals surface area contributed by atoms with Crippen LogP contribution in [0.2, 0.25) is 0 Å². The summed E-state index contributed by atoms with van der Waals surface area (Å²) in [5.41, 5.74) is 0.315. The van der Waals surface area contributed by atoms with Crippen molar-refractivity contribution in [3.05, 3.63) is 35.6 Å². The lowest BCUT2D eigenvalue weighted by Gasteiger charge is -2.05. The van der Waals surface area contributed by atoms with Gasteiger partial charge >= 0.3 is 0 Å². The van der Waals surface area contributed by atoms with E-state index in [0.29, 0.717) is 32.0 Å². The van der Waals surface area contributed by atoms with Crippen LogP contribution in [0.3, 0.4) is 0 Å². The highest BCUT2D eigenvalue weighted by molar-refractivity contribution is 5.97. The number of hydrogen-bond donors (Lipinski definition) is 0. The molecule has 0 saturated heterocycles. The summed E-state index contributed by atoms with van der Waals surface area (Å²) in [6, 6.07) is 5.54. The molecule has 5 heteroatoms. The molecule has 0 aliphatic heterocycles. The Morgan fingerprint density at radius 2 is 1.89 bits per heavy atom. The average Bonchev–Trinajstić information content (AvgIpc) is 2.37. The van der Waals surface area contributed by atoms with E-state index in [1.54, 1.807) is 13.2 Å². The van der Waals surface area contributed by atoms with Gasteiger partial charge in [-0.3, -0.25) is 4.79 Å². The molecule has 1 rings (SSSR count). The minimum absolute atomic E-state index is 0.0723. The van der Waals surface area contributed by atoms with E-state index in [1.807, 2.05) is 0 Å². The summed E-state index contributed by atoms with van der Waals surface area (Å²) in [7, 11) is 1.59. The molecule has 4 nitrogen and oxygen atoms in total. The first-order chi connectivity index (χ1) is 8.74. The highest BCUT2D eigenvalue weighted by Gasteiger charge is 2.06. The second-order valence-corrected chi connectivity index (χ2v) is 3.59. The smallest absolute Gasteiger partial charge is 0.188 e. The zero-order valence-corrected chi connectivity index (χ0v) is 10.4. The number of Topliss-reactive ketones (excluding diaryl/α,β-unsaturated/α-hetero) is 1. The summed E-state index contributed by atoms with van der Waals surface area (Å²) in [6.45, 7) is 1.68. The molecular formula is C13H17FO4. The van der Waals surface area contributed by atoms with Crippen LogP contribution < -0.4 is 0 Å². The fourth-order valence-electron chi connectivity index (χ4n) is 1.27. The fraction of sp³-hybridized carbons (Fsp3) is 0.462. The van der Waals surface area contributed by atoms with Gasteiger partial charge in [-0.2, -0.15) is 0 Å². The molecule has 18 heavy (non-hydrogen) atoms. The standard InChI is InChI=1S/C13H17FO4/c1-16-5-6-17-7-8-18-10-13(15)11-3-2-4-12(14)9-11/h2-4,9H,5-8,10H2,1H3. The van der Waals surface area contributed by atoms with Gasteiger partial charge in [0.25, 0.3) is 0 Å². The predicted molar refractivity (Wildman–Crippen MR) is 64.2 cm³/mol. The molecule has 0 aliphatic rings. The largest absolute Gasteiger partial charge is 0.382 e. The lowest BCUT2D eigenvalue weighted by Crippen LogP contribution is -2.13. The molecule has 0 fully saturated rings. The van der Waals surface area contributed by atoms with Gasteiger partial charge < -0.3 is 14.2 Å². The second kappa shape index (κ2) is 8.74. The van der Waals surface area contributed by atoms with Gasteiger partial charge in [-0.05, 0) is 12.1 Å². The van der Waals surface area contributed by atoms with Gasteiger partial charge in [-0.25, -0.2) is 4.39 Å². The molecule has 0 bridgehead atoms. The van der Waals surface area contributed by atoms with Crippen LogP contribution in [0.25, 0.3) is 0 Å². The Bertz CT molecular complexity index is 368. The van der Waals surface area contributed by atoms with Crippen molar-refractivity contribution in [3.63, 3.8) is 0 Å². The maximum absolute atomic E-state index is 12.9. The summed E-state index contributed by atoms with van der Waals surface area (Å²) in [5, 5.41) is 0. The van der Waals surface area contributed by atoms with Crippen molar-refractivity contribution in [2.45, 2.75) is 0 Å². The molecule has 0 aliphatic carbocycles. The van der Waals surface area contributed by atoms with Gasteiger partial charge in [-0.15, -0.1) is 0 Å². The van der Waals surface area contributed by atoms with Crippen LogP contribution >= 0.6 is 0 Å². The van der Waals surface area contributed by atoms with E-state index in [9.17, 15) is 9.18 Å².